The number of nitro benzene ring substituents is 1. The lowest BCUT2D eigenvalue weighted by Gasteiger charge is -2.15. The minimum Gasteiger partial charge on any atom is -0.398 e. The molecule has 94 valence electrons. The van der Waals surface area contributed by atoms with Crippen molar-refractivity contribution >= 4 is 11.4 Å². The molecule has 8 heteroatoms. The van der Waals surface area contributed by atoms with Gasteiger partial charge in [-0.05, 0) is 6.07 Å². The Kier molecular flexibility index (Phi) is 3.45. The van der Waals surface area contributed by atoms with E-state index in [2.05, 4.69) is 4.74 Å². The van der Waals surface area contributed by atoms with Crippen molar-refractivity contribution in [3.05, 3.63) is 28.3 Å². The van der Waals surface area contributed by atoms with E-state index in [9.17, 15) is 23.3 Å². The highest BCUT2D eigenvalue weighted by Gasteiger charge is 2.34. The van der Waals surface area contributed by atoms with Crippen molar-refractivity contribution in [2.24, 2.45) is 0 Å². The van der Waals surface area contributed by atoms with Crippen LogP contribution in [0.3, 0.4) is 0 Å². The van der Waals surface area contributed by atoms with Gasteiger partial charge in [-0.25, -0.2) is 0 Å². The molecule has 1 rings (SSSR count). The molecule has 0 aromatic heterocycles. The van der Waals surface area contributed by atoms with Gasteiger partial charge in [0, 0.05) is 31.9 Å². The fraction of sp³-hybridized carbons (Fsp3) is 0.333. The number of nitrogens with zero attached hydrogens (tertiary/aromatic N) is 2. The number of hydrogen-bond donors (Lipinski definition) is 0. The number of halogens is 3. The molecule has 0 amide bonds. The van der Waals surface area contributed by atoms with Crippen molar-refractivity contribution in [2.75, 3.05) is 19.0 Å². The smallest absolute Gasteiger partial charge is 0.398 e. The SMILES string of the molecule is CN(C)c1ccc([N+](=O)[O-])c(OC(F)(F)F)c1. The summed E-state index contributed by atoms with van der Waals surface area (Å²) in [4.78, 5) is 11.1. The van der Waals surface area contributed by atoms with Gasteiger partial charge in [0.25, 0.3) is 0 Å². The van der Waals surface area contributed by atoms with Crippen LogP contribution in [0, 0.1) is 10.1 Å². The molecule has 5 nitrogen and oxygen atoms in total. The van der Waals surface area contributed by atoms with Crippen molar-refractivity contribution < 1.29 is 22.8 Å². The second-order valence-corrected chi connectivity index (χ2v) is 3.35. The molecule has 0 saturated carbocycles. The third-order valence-corrected chi connectivity index (χ3v) is 1.88. The summed E-state index contributed by atoms with van der Waals surface area (Å²) in [5.41, 5.74) is -0.359. The average Bonchev–Trinajstić information content (AvgIpc) is 2.14. The number of rotatable bonds is 3. The monoisotopic (exact) mass is 250 g/mol. The fourth-order valence-electron chi connectivity index (χ4n) is 1.14. The summed E-state index contributed by atoms with van der Waals surface area (Å²) in [6.45, 7) is 0. The quantitative estimate of drug-likeness (QED) is 0.611. The van der Waals surface area contributed by atoms with Crippen LogP contribution in [0.5, 0.6) is 5.75 Å². The normalized spacial score (nSPS) is 11.1. The fourth-order valence-corrected chi connectivity index (χ4v) is 1.14. The summed E-state index contributed by atoms with van der Waals surface area (Å²) in [6, 6.07) is 3.27. The van der Waals surface area contributed by atoms with E-state index in [1.54, 1.807) is 14.1 Å². The van der Waals surface area contributed by atoms with Gasteiger partial charge in [-0.1, -0.05) is 0 Å². The van der Waals surface area contributed by atoms with Crippen molar-refractivity contribution in [1.29, 1.82) is 0 Å². The summed E-state index contributed by atoms with van der Waals surface area (Å²) in [5, 5.41) is 10.5. The Morgan fingerprint density at radius 3 is 2.35 bits per heavy atom. The molecule has 0 aliphatic carbocycles. The molecule has 1 aromatic rings. The molecular weight excluding hydrogens is 241 g/mol. The molecule has 0 N–H and O–H groups in total. The van der Waals surface area contributed by atoms with Crippen LogP contribution in [-0.2, 0) is 0 Å². The first-order chi connectivity index (χ1) is 7.70. The number of ether oxygens (including phenoxy) is 1. The van der Waals surface area contributed by atoms with E-state index in [-0.39, 0.29) is 0 Å². The number of nitro groups is 1. The highest BCUT2D eigenvalue weighted by Crippen LogP contribution is 2.34. The van der Waals surface area contributed by atoms with E-state index in [0.717, 1.165) is 12.1 Å². The summed E-state index contributed by atoms with van der Waals surface area (Å²) in [5.74, 6) is -0.825. The number of anilines is 1. The van der Waals surface area contributed by atoms with Gasteiger partial charge in [-0.3, -0.25) is 10.1 Å². The van der Waals surface area contributed by atoms with Crippen LogP contribution >= 0.6 is 0 Å². The van der Waals surface area contributed by atoms with E-state index in [1.807, 2.05) is 0 Å². The van der Waals surface area contributed by atoms with Crippen LogP contribution in [0.1, 0.15) is 0 Å². The summed E-state index contributed by atoms with van der Waals surface area (Å²) >= 11 is 0. The molecule has 0 saturated heterocycles. The lowest BCUT2D eigenvalue weighted by molar-refractivity contribution is -0.388. The van der Waals surface area contributed by atoms with Gasteiger partial charge >= 0.3 is 12.0 Å². The van der Waals surface area contributed by atoms with Crippen molar-refractivity contribution in [3.8, 4) is 5.75 Å². The van der Waals surface area contributed by atoms with Gasteiger partial charge in [0.05, 0.1) is 4.92 Å². The molecule has 1 aromatic carbocycles. The Morgan fingerprint density at radius 1 is 1.35 bits per heavy atom. The minimum absolute atomic E-state index is 0.370. The maximum Gasteiger partial charge on any atom is 0.573 e. The first-order valence-electron chi connectivity index (χ1n) is 4.42. The largest absolute Gasteiger partial charge is 0.573 e. The Hall–Kier alpha value is -1.99. The molecule has 0 spiro atoms. The second-order valence-electron chi connectivity index (χ2n) is 3.35. The molecule has 0 radical (unpaired) electrons. The average molecular weight is 250 g/mol. The van der Waals surface area contributed by atoms with Crippen LogP contribution in [-0.4, -0.2) is 25.4 Å². The maximum atomic E-state index is 12.1. The van der Waals surface area contributed by atoms with Crippen LogP contribution in [0.2, 0.25) is 0 Å². The Labute approximate surface area is 94.5 Å². The zero-order valence-electron chi connectivity index (χ0n) is 8.99. The second kappa shape index (κ2) is 4.48. The van der Waals surface area contributed by atoms with Gasteiger partial charge < -0.3 is 9.64 Å². The molecule has 0 fully saturated rings. The molecule has 0 unspecified atom stereocenters. The van der Waals surface area contributed by atoms with Gasteiger partial charge in [0.15, 0.2) is 0 Å². The maximum absolute atomic E-state index is 12.1. The Bertz CT molecular complexity index is 432. The predicted molar refractivity (Wildman–Crippen MR) is 54.1 cm³/mol. The summed E-state index contributed by atoms with van der Waals surface area (Å²) in [7, 11) is 3.19. The van der Waals surface area contributed by atoms with Crippen molar-refractivity contribution in [2.45, 2.75) is 6.36 Å². The van der Waals surface area contributed by atoms with Gasteiger partial charge in [0.1, 0.15) is 0 Å². The number of alkyl halides is 3. The molecule has 0 aliphatic heterocycles. The Balaban J connectivity index is 3.21. The van der Waals surface area contributed by atoms with Gasteiger partial charge in [0.2, 0.25) is 5.75 Å². The first kappa shape index (κ1) is 13.1. The molecule has 0 aliphatic rings. The number of hydrogen-bond acceptors (Lipinski definition) is 4. The summed E-state index contributed by atoms with van der Waals surface area (Å²) in [6.07, 6.45) is -4.96. The topological polar surface area (TPSA) is 55.6 Å². The molecule has 0 heterocycles. The molecule has 0 bridgehead atoms. The minimum atomic E-state index is -4.96. The lowest BCUT2D eigenvalue weighted by atomic mass is 10.2. The zero-order chi connectivity index (χ0) is 13.2. The third kappa shape index (κ3) is 3.51. The van der Waals surface area contributed by atoms with E-state index < -0.39 is 22.7 Å². The van der Waals surface area contributed by atoms with Crippen LogP contribution in [0.25, 0.3) is 0 Å². The molecule has 17 heavy (non-hydrogen) atoms. The molecular formula is C9H9F3N2O3. The van der Waals surface area contributed by atoms with Crippen LogP contribution in [0.15, 0.2) is 18.2 Å². The molecule has 0 atom stereocenters. The van der Waals surface area contributed by atoms with Crippen molar-refractivity contribution in [1.82, 2.24) is 0 Å². The van der Waals surface area contributed by atoms with Crippen LogP contribution in [0.4, 0.5) is 24.5 Å². The van der Waals surface area contributed by atoms with Crippen molar-refractivity contribution in [3.63, 3.8) is 0 Å². The van der Waals surface area contributed by atoms with E-state index in [4.69, 9.17) is 0 Å². The Morgan fingerprint density at radius 2 is 1.94 bits per heavy atom. The lowest BCUT2D eigenvalue weighted by Crippen LogP contribution is -2.18. The number of benzene rings is 1. The highest BCUT2D eigenvalue weighted by atomic mass is 19.4. The zero-order valence-corrected chi connectivity index (χ0v) is 8.99. The van der Waals surface area contributed by atoms with Crippen LogP contribution < -0.4 is 9.64 Å². The van der Waals surface area contributed by atoms with E-state index >= 15 is 0 Å². The highest BCUT2D eigenvalue weighted by molar-refractivity contribution is 5.58. The third-order valence-electron chi connectivity index (χ3n) is 1.88. The van der Waals surface area contributed by atoms with Gasteiger partial charge in [-0.2, -0.15) is 0 Å². The van der Waals surface area contributed by atoms with E-state index in [0.29, 0.717) is 5.69 Å². The standard InChI is InChI=1S/C9H9F3N2O3/c1-13(2)6-3-4-7(14(15)16)8(5-6)17-9(10,11)12/h3-5H,1-2H3. The predicted octanol–water partition coefficient (Wildman–Crippen LogP) is 2.56. The summed E-state index contributed by atoms with van der Waals surface area (Å²) < 4.78 is 39.8. The van der Waals surface area contributed by atoms with E-state index in [1.165, 1.54) is 11.0 Å². The van der Waals surface area contributed by atoms with Gasteiger partial charge in [-0.15, -0.1) is 13.2 Å². The first-order valence-corrected chi connectivity index (χ1v) is 4.42.